The molecule has 1 heteroatoms. The fourth-order valence-corrected chi connectivity index (χ4v) is 2.07. The van der Waals surface area contributed by atoms with Crippen LogP contribution in [-0.4, -0.2) is 4.57 Å². The van der Waals surface area contributed by atoms with Gasteiger partial charge in [-0.05, 0) is 50.5 Å². The van der Waals surface area contributed by atoms with E-state index in [1.165, 1.54) is 28.1 Å². The zero-order chi connectivity index (χ0) is 13.7. The molecule has 0 aromatic carbocycles. The second-order valence-electron chi connectivity index (χ2n) is 5.04. The molecule has 0 amide bonds. The summed E-state index contributed by atoms with van der Waals surface area (Å²) in [4.78, 5) is 0. The van der Waals surface area contributed by atoms with Gasteiger partial charge in [-0.15, -0.1) is 0 Å². The second kappa shape index (κ2) is 6.44. The molecule has 0 N–H and O–H groups in total. The summed E-state index contributed by atoms with van der Waals surface area (Å²) in [6, 6.07) is 2.22. The van der Waals surface area contributed by atoms with Crippen molar-refractivity contribution in [1.82, 2.24) is 4.57 Å². The average molecular weight is 243 g/mol. The van der Waals surface area contributed by atoms with E-state index < -0.39 is 0 Å². The van der Waals surface area contributed by atoms with Crippen LogP contribution in [0.1, 0.15) is 43.6 Å². The van der Waals surface area contributed by atoms with Gasteiger partial charge in [0.15, 0.2) is 0 Å². The van der Waals surface area contributed by atoms with Crippen LogP contribution in [0.2, 0.25) is 0 Å². The highest BCUT2D eigenvalue weighted by atomic mass is 14.9. The lowest BCUT2D eigenvalue weighted by atomic mass is 10.1. The van der Waals surface area contributed by atoms with Crippen LogP contribution in [0.25, 0.3) is 6.08 Å². The van der Waals surface area contributed by atoms with E-state index >= 15 is 0 Å². The van der Waals surface area contributed by atoms with Crippen LogP contribution in [0.3, 0.4) is 0 Å². The van der Waals surface area contributed by atoms with Gasteiger partial charge in [-0.25, -0.2) is 0 Å². The molecule has 0 aliphatic rings. The maximum Gasteiger partial charge on any atom is 0.0438 e. The summed E-state index contributed by atoms with van der Waals surface area (Å²) >= 11 is 0. The first-order chi connectivity index (χ1) is 8.45. The summed E-state index contributed by atoms with van der Waals surface area (Å²) in [5, 5.41) is 0. The van der Waals surface area contributed by atoms with E-state index in [0.29, 0.717) is 0 Å². The van der Waals surface area contributed by atoms with Gasteiger partial charge in [0, 0.05) is 18.4 Å². The summed E-state index contributed by atoms with van der Waals surface area (Å²) in [6.45, 7) is 12.7. The first kappa shape index (κ1) is 14.6. The van der Waals surface area contributed by atoms with Gasteiger partial charge in [-0.3, -0.25) is 0 Å². The molecule has 0 unspecified atom stereocenters. The van der Waals surface area contributed by atoms with Gasteiger partial charge >= 0.3 is 0 Å². The highest BCUT2D eigenvalue weighted by Crippen LogP contribution is 2.17. The summed E-state index contributed by atoms with van der Waals surface area (Å²) in [7, 11) is 2.11. The van der Waals surface area contributed by atoms with Gasteiger partial charge in [0.05, 0.1) is 0 Å². The minimum Gasteiger partial charge on any atom is -0.348 e. The Morgan fingerprint density at radius 3 is 2.50 bits per heavy atom. The molecule has 0 aliphatic carbocycles. The van der Waals surface area contributed by atoms with Crippen molar-refractivity contribution < 1.29 is 0 Å². The molecule has 1 rings (SSSR count). The van der Waals surface area contributed by atoms with Gasteiger partial charge < -0.3 is 4.57 Å². The fraction of sp³-hybridized carbons (Fsp3) is 0.412. The van der Waals surface area contributed by atoms with Crippen molar-refractivity contribution in [3.8, 4) is 0 Å². The number of allylic oxidation sites excluding steroid dienone is 4. The van der Waals surface area contributed by atoms with Gasteiger partial charge in [-0.2, -0.15) is 0 Å². The predicted molar refractivity (Wildman–Crippen MR) is 81.7 cm³/mol. The van der Waals surface area contributed by atoms with E-state index in [-0.39, 0.29) is 0 Å². The molecular weight excluding hydrogens is 218 g/mol. The Labute approximate surface area is 112 Å². The number of hydrogen-bond donors (Lipinski definition) is 0. The summed E-state index contributed by atoms with van der Waals surface area (Å²) < 4.78 is 2.23. The lowest BCUT2D eigenvalue weighted by Crippen LogP contribution is -1.94. The highest BCUT2D eigenvalue weighted by molar-refractivity contribution is 5.57. The fourth-order valence-electron chi connectivity index (χ4n) is 2.07. The smallest absolute Gasteiger partial charge is 0.0438 e. The Balaban J connectivity index is 2.86. The largest absolute Gasteiger partial charge is 0.348 e. The molecule has 98 valence electrons. The molecule has 0 aliphatic heterocycles. The van der Waals surface area contributed by atoms with E-state index in [9.17, 15) is 0 Å². The first-order valence-corrected chi connectivity index (χ1v) is 6.62. The van der Waals surface area contributed by atoms with Crippen molar-refractivity contribution in [3.63, 3.8) is 0 Å². The highest BCUT2D eigenvalue weighted by Gasteiger charge is 2.03. The maximum atomic E-state index is 4.04. The quantitative estimate of drug-likeness (QED) is 0.644. The van der Waals surface area contributed by atoms with Crippen molar-refractivity contribution in [1.29, 1.82) is 0 Å². The van der Waals surface area contributed by atoms with Crippen molar-refractivity contribution in [3.05, 3.63) is 52.9 Å². The lowest BCUT2D eigenvalue weighted by Gasteiger charge is -2.03. The Kier molecular flexibility index (Phi) is 5.21. The minimum atomic E-state index is 1.08. The van der Waals surface area contributed by atoms with Crippen LogP contribution in [0.5, 0.6) is 0 Å². The molecule has 1 aromatic heterocycles. The van der Waals surface area contributed by atoms with Crippen LogP contribution < -0.4 is 0 Å². The molecule has 0 saturated heterocycles. The van der Waals surface area contributed by atoms with Gasteiger partial charge in [0.2, 0.25) is 0 Å². The van der Waals surface area contributed by atoms with Crippen LogP contribution in [0.15, 0.2) is 35.9 Å². The van der Waals surface area contributed by atoms with E-state index in [1.54, 1.807) is 0 Å². The first-order valence-electron chi connectivity index (χ1n) is 6.62. The van der Waals surface area contributed by atoms with E-state index in [2.05, 4.69) is 70.2 Å². The number of rotatable bonds is 5. The van der Waals surface area contributed by atoms with Crippen LogP contribution >= 0.6 is 0 Å². The van der Waals surface area contributed by atoms with Gasteiger partial charge in [0.1, 0.15) is 0 Å². The molecule has 0 fully saturated rings. The van der Waals surface area contributed by atoms with Crippen LogP contribution in [-0.2, 0) is 7.05 Å². The van der Waals surface area contributed by atoms with Crippen molar-refractivity contribution >= 4 is 6.08 Å². The average Bonchev–Trinajstić information content (AvgIpc) is 2.54. The Morgan fingerprint density at radius 2 is 2.00 bits per heavy atom. The molecule has 0 radical (unpaired) electrons. The SMILES string of the molecule is C=C(/C=C\C(C)=C\c1c(C)cc(C)n1C)CCC. The third-order valence-corrected chi connectivity index (χ3v) is 3.24. The maximum absolute atomic E-state index is 4.04. The van der Waals surface area contributed by atoms with E-state index in [0.717, 1.165) is 12.8 Å². The number of hydrogen-bond acceptors (Lipinski definition) is 0. The molecular formula is C17H25N. The van der Waals surface area contributed by atoms with Gasteiger partial charge in [0.25, 0.3) is 0 Å². The monoisotopic (exact) mass is 243 g/mol. The molecule has 1 heterocycles. The lowest BCUT2D eigenvalue weighted by molar-refractivity contribution is 0.868. The zero-order valence-electron chi connectivity index (χ0n) is 12.4. The Morgan fingerprint density at radius 1 is 1.33 bits per heavy atom. The zero-order valence-corrected chi connectivity index (χ0v) is 12.4. The third-order valence-electron chi connectivity index (χ3n) is 3.24. The topological polar surface area (TPSA) is 4.93 Å². The van der Waals surface area contributed by atoms with Gasteiger partial charge in [-0.1, -0.05) is 37.6 Å². The Hall–Kier alpha value is -1.50. The minimum absolute atomic E-state index is 1.08. The summed E-state index contributed by atoms with van der Waals surface area (Å²) in [5.41, 5.74) is 6.37. The third kappa shape index (κ3) is 3.76. The standard InChI is InChI=1S/C17H25N/c1-7-8-13(2)9-10-14(3)11-17-15(4)12-16(5)18(17)6/h9-12H,2,7-8H2,1,3-6H3/b10-9-,14-11+. The second-order valence-corrected chi connectivity index (χ2v) is 5.04. The van der Waals surface area contributed by atoms with E-state index in [1.807, 2.05) is 0 Å². The molecule has 1 aromatic rings. The Bertz CT molecular complexity index is 484. The molecule has 0 spiro atoms. The predicted octanol–water partition coefficient (Wildman–Crippen LogP) is 4.96. The number of aryl methyl sites for hydroxylation is 2. The molecule has 0 saturated carbocycles. The van der Waals surface area contributed by atoms with Crippen molar-refractivity contribution in [2.75, 3.05) is 0 Å². The van der Waals surface area contributed by atoms with Crippen molar-refractivity contribution in [2.45, 2.75) is 40.5 Å². The molecule has 1 nitrogen and oxygen atoms in total. The van der Waals surface area contributed by atoms with E-state index in [4.69, 9.17) is 0 Å². The van der Waals surface area contributed by atoms with Crippen LogP contribution in [0, 0.1) is 13.8 Å². The van der Waals surface area contributed by atoms with Crippen LogP contribution in [0.4, 0.5) is 0 Å². The summed E-state index contributed by atoms with van der Waals surface area (Å²) in [6.07, 6.45) is 8.74. The molecule has 18 heavy (non-hydrogen) atoms. The number of aromatic nitrogens is 1. The summed E-state index contributed by atoms with van der Waals surface area (Å²) in [5.74, 6) is 0. The van der Waals surface area contributed by atoms with Crippen molar-refractivity contribution in [2.24, 2.45) is 7.05 Å². The normalized spacial score (nSPS) is 12.4. The molecule has 0 bridgehead atoms. The number of nitrogens with zero attached hydrogens (tertiary/aromatic N) is 1. The molecule has 0 atom stereocenters.